The van der Waals surface area contributed by atoms with Gasteiger partial charge in [0.25, 0.3) is 0 Å². The standard InChI is InChI=1S/C30H55O10P/c1-3-5-7-8-9-10-11-12-13-14-15-16-17-18-20-22-30(34)40-28(24-32)26-38-41(35,36)37-25-27(23-31)39-29(33)21-19-6-4-2/h9-10,12-13,27-28,31-32H,3-8,11,14-26H2,1-2H3,(H,35,36)/b10-9-,13-12-. The van der Waals surface area contributed by atoms with E-state index in [0.717, 1.165) is 57.8 Å². The van der Waals surface area contributed by atoms with Gasteiger partial charge in [0.15, 0.2) is 0 Å². The Hall–Kier alpha value is -1.55. The number of phosphoric acid groups is 1. The van der Waals surface area contributed by atoms with E-state index >= 15 is 0 Å². The van der Waals surface area contributed by atoms with Crippen molar-refractivity contribution in [3.05, 3.63) is 24.3 Å². The Morgan fingerprint density at radius 2 is 1.07 bits per heavy atom. The third-order valence-corrected chi connectivity index (χ3v) is 7.12. The fourth-order valence-corrected chi connectivity index (χ4v) is 4.51. The van der Waals surface area contributed by atoms with E-state index in [1.165, 1.54) is 19.3 Å². The van der Waals surface area contributed by atoms with E-state index < -0.39 is 58.4 Å². The van der Waals surface area contributed by atoms with Crippen molar-refractivity contribution in [2.45, 2.75) is 129 Å². The minimum atomic E-state index is -4.61. The summed E-state index contributed by atoms with van der Waals surface area (Å²) in [7, 11) is -4.61. The Balaban J connectivity index is 4.01. The van der Waals surface area contributed by atoms with Gasteiger partial charge in [-0.05, 0) is 44.9 Å². The molecule has 3 unspecified atom stereocenters. The van der Waals surface area contributed by atoms with Crippen LogP contribution in [0.4, 0.5) is 0 Å². The smallest absolute Gasteiger partial charge is 0.457 e. The van der Waals surface area contributed by atoms with Crippen molar-refractivity contribution in [1.29, 1.82) is 0 Å². The number of phosphoric ester groups is 1. The summed E-state index contributed by atoms with van der Waals surface area (Å²) in [5.74, 6) is -1.06. The van der Waals surface area contributed by atoms with Crippen LogP contribution in [-0.4, -0.2) is 65.7 Å². The average Bonchev–Trinajstić information content (AvgIpc) is 2.95. The first kappa shape index (κ1) is 39.5. The number of hydrogen-bond donors (Lipinski definition) is 3. The third kappa shape index (κ3) is 25.9. The maximum Gasteiger partial charge on any atom is 0.472 e. The molecule has 0 saturated carbocycles. The molecule has 0 fully saturated rings. The van der Waals surface area contributed by atoms with Crippen LogP contribution >= 0.6 is 7.82 Å². The summed E-state index contributed by atoms with van der Waals surface area (Å²) in [4.78, 5) is 33.7. The molecular formula is C30H55O10P. The van der Waals surface area contributed by atoms with Crippen LogP contribution in [-0.2, 0) is 32.7 Å². The van der Waals surface area contributed by atoms with Crippen LogP contribution in [0.2, 0.25) is 0 Å². The van der Waals surface area contributed by atoms with Crippen molar-refractivity contribution in [1.82, 2.24) is 0 Å². The van der Waals surface area contributed by atoms with Crippen molar-refractivity contribution in [2.75, 3.05) is 26.4 Å². The van der Waals surface area contributed by atoms with E-state index in [-0.39, 0.29) is 12.8 Å². The van der Waals surface area contributed by atoms with Gasteiger partial charge in [-0.15, -0.1) is 0 Å². The van der Waals surface area contributed by atoms with E-state index in [4.69, 9.17) is 18.5 Å². The zero-order chi connectivity index (χ0) is 30.6. The van der Waals surface area contributed by atoms with Gasteiger partial charge in [0.2, 0.25) is 0 Å². The van der Waals surface area contributed by atoms with Crippen molar-refractivity contribution >= 4 is 19.8 Å². The second-order valence-corrected chi connectivity index (χ2v) is 11.5. The molecule has 0 amide bonds. The molecule has 240 valence electrons. The number of unbranched alkanes of at least 4 members (excludes halogenated alkanes) is 10. The zero-order valence-corrected chi connectivity index (χ0v) is 26.1. The van der Waals surface area contributed by atoms with Gasteiger partial charge in [0.1, 0.15) is 12.2 Å². The second-order valence-electron chi connectivity index (χ2n) is 10.1. The first-order valence-corrected chi connectivity index (χ1v) is 16.8. The molecule has 41 heavy (non-hydrogen) atoms. The number of aliphatic hydroxyl groups is 2. The van der Waals surface area contributed by atoms with E-state index in [1.54, 1.807) is 0 Å². The van der Waals surface area contributed by atoms with Crippen LogP contribution in [0.25, 0.3) is 0 Å². The second kappa shape index (κ2) is 27.3. The molecule has 0 aromatic carbocycles. The molecule has 3 atom stereocenters. The van der Waals surface area contributed by atoms with Crippen molar-refractivity contribution < 1.29 is 47.8 Å². The molecule has 3 N–H and O–H groups in total. The normalized spacial score (nSPS) is 14.8. The maximum atomic E-state index is 12.1. The molecule has 0 heterocycles. The Labute approximate surface area is 247 Å². The molecule has 0 bridgehead atoms. The highest BCUT2D eigenvalue weighted by Gasteiger charge is 2.27. The number of rotatable bonds is 28. The first-order valence-electron chi connectivity index (χ1n) is 15.3. The van der Waals surface area contributed by atoms with Gasteiger partial charge in [-0.3, -0.25) is 18.6 Å². The number of aliphatic hydroxyl groups excluding tert-OH is 2. The van der Waals surface area contributed by atoms with Crippen LogP contribution in [0.5, 0.6) is 0 Å². The number of hydrogen-bond acceptors (Lipinski definition) is 9. The summed E-state index contributed by atoms with van der Waals surface area (Å²) < 4.78 is 31.9. The number of esters is 2. The largest absolute Gasteiger partial charge is 0.472 e. The molecule has 0 spiro atoms. The summed E-state index contributed by atoms with van der Waals surface area (Å²) in [6.07, 6.45) is 21.2. The van der Waals surface area contributed by atoms with Gasteiger partial charge >= 0.3 is 19.8 Å². The Bertz CT molecular complexity index is 756. The average molecular weight is 607 g/mol. The van der Waals surface area contributed by atoms with Gasteiger partial charge in [-0.25, -0.2) is 4.57 Å². The summed E-state index contributed by atoms with van der Waals surface area (Å²) in [5, 5.41) is 18.8. The number of ether oxygens (including phenoxy) is 2. The fourth-order valence-electron chi connectivity index (χ4n) is 3.73. The molecule has 10 nitrogen and oxygen atoms in total. The predicted octanol–water partition coefficient (Wildman–Crippen LogP) is 6.32. The van der Waals surface area contributed by atoms with Crippen LogP contribution in [0.3, 0.4) is 0 Å². The van der Waals surface area contributed by atoms with Crippen LogP contribution in [0, 0.1) is 0 Å². The summed E-state index contributed by atoms with van der Waals surface area (Å²) >= 11 is 0. The van der Waals surface area contributed by atoms with Crippen molar-refractivity contribution in [3.8, 4) is 0 Å². The van der Waals surface area contributed by atoms with E-state index in [0.29, 0.717) is 12.8 Å². The van der Waals surface area contributed by atoms with Gasteiger partial charge in [-0.2, -0.15) is 0 Å². The first-order chi connectivity index (χ1) is 19.8. The lowest BCUT2D eigenvalue weighted by Crippen LogP contribution is -2.28. The van der Waals surface area contributed by atoms with Crippen molar-refractivity contribution in [3.63, 3.8) is 0 Å². The number of carbonyl (C=O) groups is 2. The van der Waals surface area contributed by atoms with E-state index in [9.17, 15) is 29.3 Å². The molecule has 11 heteroatoms. The highest BCUT2D eigenvalue weighted by molar-refractivity contribution is 7.47. The number of allylic oxidation sites excluding steroid dienone is 4. The van der Waals surface area contributed by atoms with Crippen LogP contribution in [0.1, 0.15) is 117 Å². The minimum Gasteiger partial charge on any atom is -0.457 e. The number of carbonyl (C=O) groups excluding carboxylic acids is 2. The van der Waals surface area contributed by atoms with Gasteiger partial charge in [0, 0.05) is 12.8 Å². The minimum absolute atomic E-state index is 0.177. The lowest BCUT2D eigenvalue weighted by atomic mass is 10.1. The molecule has 0 saturated heterocycles. The molecular weight excluding hydrogens is 551 g/mol. The Morgan fingerprint density at radius 1 is 0.659 bits per heavy atom. The van der Waals surface area contributed by atoms with Crippen LogP contribution in [0.15, 0.2) is 24.3 Å². The van der Waals surface area contributed by atoms with E-state index in [2.05, 4.69) is 31.2 Å². The molecule has 0 aliphatic carbocycles. The SMILES string of the molecule is CCCCC/C=C\C/C=C\CCCCCCCC(=O)OC(CO)COP(=O)(O)OCC(CO)OC(=O)CCCCC. The lowest BCUT2D eigenvalue weighted by molar-refractivity contribution is -0.153. The monoisotopic (exact) mass is 606 g/mol. The quantitative estimate of drug-likeness (QED) is 0.0400. The maximum absolute atomic E-state index is 12.1. The van der Waals surface area contributed by atoms with Gasteiger partial charge in [0.05, 0.1) is 26.4 Å². The van der Waals surface area contributed by atoms with E-state index in [1.807, 2.05) is 6.92 Å². The van der Waals surface area contributed by atoms with Gasteiger partial charge < -0.3 is 24.6 Å². The third-order valence-electron chi connectivity index (χ3n) is 6.17. The highest BCUT2D eigenvalue weighted by atomic mass is 31.2. The highest BCUT2D eigenvalue weighted by Crippen LogP contribution is 2.43. The molecule has 0 radical (unpaired) electrons. The lowest BCUT2D eigenvalue weighted by Gasteiger charge is -2.20. The molecule has 0 rings (SSSR count). The Kier molecular flexibility index (Phi) is 26.3. The van der Waals surface area contributed by atoms with Crippen LogP contribution < -0.4 is 0 Å². The molecule has 0 aliphatic rings. The summed E-state index contributed by atoms with van der Waals surface area (Å²) in [6.45, 7) is 1.91. The fraction of sp³-hybridized carbons (Fsp3) is 0.800. The summed E-state index contributed by atoms with van der Waals surface area (Å²) in [5.41, 5.74) is 0. The Morgan fingerprint density at radius 3 is 1.56 bits per heavy atom. The molecule has 0 aromatic rings. The summed E-state index contributed by atoms with van der Waals surface area (Å²) in [6, 6.07) is 0. The zero-order valence-electron chi connectivity index (χ0n) is 25.3. The topological polar surface area (TPSA) is 149 Å². The van der Waals surface area contributed by atoms with Crippen molar-refractivity contribution in [2.24, 2.45) is 0 Å². The molecule has 0 aliphatic heterocycles. The predicted molar refractivity (Wildman–Crippen MR) is 159 cm³/mol. The van der Waals surface area contributed by atoms with Gasteiger partial charge in [-0.1, -0.05) is 83.1 Å². The molecule has 0 aromatic heterocycles.